The van der Waals surface area contributed by atoms with E-state index in [9.17, 15) is 0 Å². The number of hydrogen-bond donors (Lipinski definition) is 1. The van der Waals surface area contributed by atoms with E-state index in [-0.39, 0.29) is 0 Å². The number of nitrogens with one attached hydrogen (secondary N) is 1. The third-order valence-corrected chi connectivity index (χ3v) is 3.83. The molecule has 15 heavy (non-hydrogen) atoms. The maximum atomic E-state index is 3.56. The van der Waals surface area contributed by atoms with Crippen molar-refractivity contribution in [3.63, 3.8) is 0 Å². The van der Waals surface area contributed by atoms with E-state index >= 15 is 0 Å². The van der Waals surface area contributed by atoms with Gasteiger partial charge in [0.05, 0.1) is 0 Å². The zero-order valence-corrected chi connectivity index (χ0v) is 10.9. The lowest BCUT2D eigenvalue weighted by Gasteiger charge is -2.27. The Morgan fingerprint density at radius 3 is 2.20 bits per heavy atom. The van der Waals surface area contributed by atoms with Gasteiger partial charge < -0.3 is 5.32 Å². The van der Waals surface area contributed by atoms with E-state index in [4.69, 9.17) is 0 Å². The van der Waals surface area contributed by atoms with Gasteiger partial charge in [0.2, 0.25) is 0 Å². The normalized spacial score (nSPS) is 27.2. The summed E-state index contributed by atoms with van der Waals surface area (Å²) in [4.78, 5) is 0. The van der Waals surface area contributed by atoms with Gasteiger partial charge in [-0.05, 0) is 37.3 Å². The van der Waals surface area contributed by atoms with Gasteiger partial charge >= 0.3 is 0 Å². The van der Waals surface area contributed by atoms with E-state index in [1.807, 2.05) is 0 Å². The molecule has 0 radical (unpaired) electrons. The summed E-state index contributed by atoms with van der Waals surface area (Å²) in [6.07, 6.45) is 8.77. The van der Waals surface area contributed by atoms with Crippen molar-refractivity contribution in [3.05, 3.63) is 0 Å². The maximum Gasteiger partial charge on any atom is -0.00258 e. The summed E-state index contributed by atoms with van der Waals surface area (Å²) >= 11 is 0. The third kappa shape index (κ3) is 5.55. The minimum atomic E-state index is 0.792. The molecule has 1 aliphatic rings. The summed E-state index contributed by atoms with van der Waals surface area (Å²) in [5.74, 6) is 2.86. The lowest BCUT2D eigenvalue weighted by atomic mass is 9.79. The van der Waals surface area contributed by atoms with Gasteiger partial charge in [-0.1, -0.05) is 52.9 Å². The first kappa shape index (κ1) is 13.0. The highest BCUT2D eigenvalue weighted by Crippen LogP contribution is 2.31. The molecule has 0 unspecified atom stereocenters. The summed E-state index contributed by atoms with van der Waals surface area (Å²) in [5.41, 5.74) is 0. The summed E-state index contributed by atoms with van der Waals surface area (Å²) < 4.78 is 0. The smallest absolute Gasteiger partial charge is 0.00258 e. The second-order valence-corrected chi connectivity index (χ2v) is 5.68. The van der Waals surface area contributed by atoms with E-state index in [2.05, 4.69) is 26.1 Å². The van der Waals surface area contributed by atoms with Crippen LogP contribution in [0.4, 0.5) is 0 Å². The fraction of sp³-hybridized carbons (Fsp3) is 1.00. The molecule has 0 saturated heterocycles. The Bertz CT molecular complexity index is 145. The van der Waals surface area contributed by atoms with Crippen molar-refractivity contribution >= 4 is 0 Å². The van der Waals surface area contributed by atoms with Crippen LogP contribution >= 0.6 is 0 Å². The van der Waals surface area contributed by atoms with Gasteiger partial charge in [-0.2, -0.15) is 0 Å². The molecule has 0 spiro atoms. The Balaban J connectivity index is 1.99. The third-order valence-electron chi connectivity index (χ3n) is 3.83. The van der Waals surface area contributed by atoms with Crippen LogP contribution in [0.5, 0.6) is 0 Å². The van der Waals surface area contributed by atoms with Gasteiger partial charge in [0.15, 0.2) is 0 Å². The molecule has 0 heterocycles. The van der Waals surface area contributed by atoms with Gasteiger partial charge in [0.25, 0.3) is 0 Å². The van der Waals surface area contributed by atoms with Gasteiger partial charge in [-0.3, -0.25) is 0 Å². The number of hydrogen-bond acceptors (Lipinski definition) is 1. The fourth-order valence-electron chi connectivity index (χ4n) is 2.63. The molecule has 1 saturated carbocycles. The van der Waals surface area contributed by atoms with Crippen molar-refractivity contribution in [2.75, 3.05) is 13.1 Å². The quantitative estimate of drug-likeness (QED) is 0.658. The van der Waals surface area contributed by atoms with Crippen LogP contribution in [0.2, 0.25) is 0 Å². The lowest BCUT2D eigenvalue weighted by molar-refractivity contribution is 0.256. The summed E-state index contributed by atoms with van der Waals surface area (Å²) in [5, 5.41) is 3.56. The van der Waals surface area contributed by atoms with E-state index in [0.29, 0.717) is 0 Å². The molecule has 0 aromatic heterocycles. The molecular weight excluding hydrogens is 182 g/mol. The van der Waals surface area contributed by atoms with E-state index in [1.165, 1.54) is 51.6 Å². The lowest BCUT2D eigenvalue weighted by Crippen LogP contribution is -2.24. The van der Waals surface area contributed by atoms with Crippen LogP contribution in [0, 0.1) is 17.8 Å². The van der Waals surface area contributed by atoms with Crippen molar-refractivity contribution in [3.8, 4) is 0 Å². The first-order valence-corrected chi connectivity index (χ1v) is 6.93. The van der Waals surface area contributed by atoms with E-state index < -0.39 is 0 Å². The Hall–Kier alpha value is -0.0400. The number of rotatable bonds is 6. The fourth-order valence-corrected chi connectivity index (χ4v) is 2.63. The molecule has 1 aliphatic carbocycles. The van der Waals surface area contributed by atoms with Crippen LogP contribution in [-0.2, 0) is 0 Å². The average Bonchev–Trinajstić information content (AvgIpc) is 2.25. The molecule has 0 amide bonds. The summed E-state index contributed by atoms with van der Waals surface area (Å²) in [6, 6.07) is 0. The van der Waals surface area contributed by atoms with Crippen molar-refractivity contribution < 1.29 is 0 Å². The monoisotopic (exact) mass is 211 g/mol. The maximum absolute atomic E-state index is 3.56. The van der Waals surface area contributed by atoms with Crippen LogP contribution in [0.25, 0.3) is 0 Å². The zero-order chi connectivity index (χ0) is 11.1. The Morgan fingerprint density at radius 1 is 1.07 bits per heavy atom. The highest BCUT2D eigenvalue weighted by Gasteiger charge is 2.19. The van der Waals surface area contributed by atoms with Gasteiger partial charge in [-0.15, -0.1) is 0 Å². The SMILES string of the molecule is CCC1CCC(CCNCC(C)C)CC1. The summed E-state index contributed by atoms with van der Waals surface area (Å²) in [7, 11) is 0. The topological polar surface area (TPSA) is 12.0 Å². The van der Waals surface area contributed by atoms with Crippen LogP contribution < -0.4 is 5.32 Å². The molecule has 1 heteroatoms. The molecule has 1 fully saturated rings. The minimum absolute atomic E-state index is 0.792. The molecule has 0 aromatic carbocycles. The predicted octanol–water partition coefficient (Wildman–Crippen LogP) is 3.84. The zero-order valence-electron chi connectivity index (χ0n) is 10.9. The largest absolute Gasteiger partial charge is 0.316 e. The van der Waals surface area contributed by atoms with Crippen LogP contribution in [0.15, 0.2) is 0 Å². The molecule has 1 nitrogen and oxygen atoms in total. The van der Waals surface area contributed by atoms with Crippen molar-refractivity contribution in [1.82, 2.24) is 5.32 Å². The van der Waals surface area contributed by atoms with Crippen molar-refractivity contribution in [1.29, 1.82) is 0 Å². The molecule has 1 rings (SSSR count). The van der Waals surface area contributed by atoms with Crippen LogP contribution in [0.3, 0.4) is 0 Å². The van der Waals surface area contributed by atoms with Crippen LogP contribution in [0.1, 0.15) is 59.3 Å². The second kappa shape index (κ2) is 7.27. The van der Waals surface area contributed by atoms with Gasteiger partial charge in [-0.25, -0.2) is 0 Å². The molecule has 0 aliphatic heterocycles. The Labute approximate surface area is 96.0 Å². The van der Waals surface area contributed by atoms with Crippen molar-refractivity contribution in [2.45, 2.75) is 59.3 Å². The first-order valence-electron chi connectivity index (χ1n) is 6.93. The minimum Gasteiger partial charge on any atom is -0.316 e. The van der Waals surface area contributed by atoms with Crippen molar-refractivity contribution in [2.24, 2.45) is 17.8 Å². The second-order valence-electron chi connectivity index (χ2n) is 5.68. The van der Waals surface area contributed by atoms with E-state index in [1.54, 1.807) is 0 Å². The van der Waals surface area contributed by atoms with E-state index in [0.717, 1.165) is 17.8 Å². The highest BCUT2D eigenvalue weighted by molar-refractivity contribution is 4.72. The van der Waals surface area contributed by atoms with Gasteiger partial charge in [0.1, 0.15) is 0 Å². The Kier molecular flexibility index (Phi) is 6.31. The highest BCUT2D eigenvalue weighted by atomic mass is 14.8. The molecule has 90 valence electrons. The predicted molar refractivity (Wildman–Crippen MR) is 68.1 cm³/mol. The molecule has 0 atom stereocenters. The molecule has 0 aromatic rings. The Morgan fingerprint density at radius 2 is 1.67 bits per heavy atom. The molecular formula is C14H29N. The standard InChI is InChI=1S/C14H29N/c1-4-13-5-7-14(8-6-13)9-10-15-11-12(2)3/h12-15H,4-11H2,1-3H3. The first-order chi connectivity index (χ1) is 7.22. The van der Waals surface area contributed by atoms with Gasteiger partial charge in [0, 0.05) is 0 Å². The molecule has 0 bridgehead atoms. The van der Waals surface area contributed by atoms with Crippen LogP contribution in [-0.4, -0.2) is 13.1 Å². The summed E-state index contributed by atoms with van der Waals surface area (Å²) in [6.45, 7) is 9.32. The molecule has 1 N–H and O–H groups in total. The average molecular weight is 211 g/mol.